The van der Waals surface area contributed by atoms with Gasteiger partial charge in [-0.1, -0.05) is 91.0 Å². The molecule has 7 nitrogen and oxygen atoms in total. The fraction of sp³-hybridized carbons (Fsp3) is 0.310. The maximum absolute atomic E-state index is 13.7. The van der Waals surface area contributed by atoms with E-state index in [1.807, 2.05) is 91.0 Å². The number of hydrogen-bond acceptors (Lipinski definition) is 5. The van der Waals surface area contributed by atoms with E-state index in [1.165, 1.54) is 4.90 Å². The van der Waals surface area contributed by atoms with Crippen LogP contribution in [0.1, 0.15) is 43.5 Å². The molecule has 0 bridgehead atoms. The summed E-state index contributed by atoms with van der Waals surface area (Å²) >= 11 is 0. The zero-order chi connectivity index (χ0) is 25.8. The van der Waals surface area contributed by atoms with E-state index in [1.54, 1.807) is 20.8 Å². The Morgan fingerprint density at radius 3 is 1.92 bits per heavy atom. The number of carbonyl (C=O) groups is 2. The van der Waals surface area contributed by atoms with Crippen molar-refractivity contribution in [2.45, 2.75) is 44.1 Å². The molecule has 0 saturated carbocycles. The van der Waals surface area contributed by atoms with E-state index in [2.05, 4.69) is 5.32 Å². The van der Waals surface area contributed by atoms with Crippen LogP contribution in [0.2, 0.25) is 0 Å². The van der Waals surface area contributed by atoms with Crippen molar-refractivity contribution in [3.63, 3.8) is 0 Å². The molecule has 1 heterocycles. The SMILES string of the molecule is CC(C)(C)OC(=O)N1COC[C@H]1C(=O)N[C@@H](c1ccccc1)C(O)(c1ccccc1)c1ccccc1. The normalized spacial score (nSPS) is 16.9. The quantitative estimate of drug-likeness (QED) is 0.538. The number of benzene rings is 3. The minimum Gasteiger partial charge on any atom is -0.444 e. The third-order valence-corrected chi connectivity index (χ3v) is 6.08. The summed E-state index contributed by atoms with van der Waals surface area (Å²) in [4.78, 5) is 27.7. The van der Waals surface area contributed by atoms with E-state index >= 15 is 0 Å². The van der Waals surface area contributed by atoms with Gasteiger partial charge < -0.3 is 19.9 Å². The van der Waals surface area contributed by atoms with Gasteiger partial charge in [0.25, 0.3) is 0 Å². The highest BCUT2D eigenvalue weighted by atomic mass is 16.6. The van der Waals surface area contributed by atoms with Gasteiger partial charge in [0.15, 0.2) is 0 Å². The van der Waals surface area contributed by atoms with Crippen molar-refractivity contribution >= 4 is 12.0 Å². The van der Waals surface area contributed by atoms with E-state index in [-0.39, 0.29) is 13.3 Å². The molecular weight excluding hydrogens is 456 g/mol. The molecule has 0 aromatic heterocycles. The van der Waals surface area contributed by atoms with Gasteiger partial charge in [-0.05, 0) is 37.5 Å². The highest BCUT2D eigenvalue weighted by molar-refractivity contribution is 5.86. The molecule has 1 aliphatic rings. The van der Waals surface area contributed by atoms with Gasteiger partial charge in [-0.15, -0.1) is 0 Å². The maximum Gasteiger partial charge on any atom is 0.412 e. The second kappa shape index (κ2) is 10.5. The summed E-state index contributed by atoms with van der Waals surface area (Å²) < 4.78 is 10.9. The van der Waals surface area contributed by atoms with Crippen LogP contribution in [-0.2, 0) is 19.9 Å². The first-order valence-electron chi connectivity index (χ1n) is 12.0. The molecule has 0 radical (unpaired) electrons. The van der Waals surface area contributed by atoms with E-state index < -0.39 is 35.3 Å². The van der Waals surface area contributed by atoms with Crippen molar-refractivity contribution in [3.05, 3.63) is 108 Å². The summed E-state index contributed by atoms with van der Waals surface area (Å²) in [6.07, 6.45) is -0.627. The fourth-order valence-corrected chi connectivity index (χ4v) is 4.36. The molecule has 1 aliphatic heterocycles. The number of nitrogens with one attached hydrogen (secondary N) is 1. The van der Waals surface area contributed by atoms with Crippen LogP contribution in [0.5, 0.6) is 0 Å². The molecule has 0 aliphatic carbocycles. The Morgan fingerprint density at radius 2 is 1.42 bits per heavy atom. The number of aliphatic hydroxyl groups is 1. The summed E-state index contributed by atoms with van der Waals surface area (Å²) in [6.45, 7) is 5.28. The Hall–Kier alpha value is -3.68. The summed E-state index contributed by atoms with van der Waals surface area (Å²) in [5, 5.41) is 15.5. The molecule has 1 saturated heterocycles. The summed E-state index contributed by atoms with van der Waals surface area (Å²) in [5.41, 5.74) is -0.359. The van der Waals surface area contributed by atoms with E-state index in [0.29, 0.717) is 16.7 Å². The lowest BCUT2D eigenvalue weighted by atomic mass is 9.77. The van der Waals surface area contributed by atoms with Crippen LogP contribution in [0.25, 0.3) is 0 Å². The molecule has 36 heavy (non-hydrogen) atoms. The molecular formula is C29H32N2O5. The van der Waals surface area contributed by atoms with E-state index in [0.717, 1.165) is 0 Å². The van der Waals surface area contributed by atoms with Gasteiger partial charge in [0.2, 0.25) is 5.91 Å². The van der Waals surface area contributed by atoms with Crippen LogP contribution in [-0.4, -0.2) is 47.0 Å². The Morgan fingerprint density at radius 1 is 0.917 bits per heavy atom. The van der Waals surface area contributed by atoms with E-state index in [4.69, 9.17) is 9.47 Å². The van der Waals surface area contributed by atoms with Crippen LogP contribution in [0.15, 0.2) is 91.0 Å². The van der Waals surface area contributed by atoms with Crippen LogP contribution in [0.3, 0.4) is 0 Å². The molecule has 0 spiro atoms. The molecule has 3 aromatic rings. The van der Waals surface area contributed by atoms with Gasteiger partial charge in [0, 0.05) is 0 Å². The van der Waals surface area contributed by atoms with Gasteiger partial charge >= 0.3 is 6.09 Å². The highest BCUT2D eigenvalue weighted by Crippen LogP contribution is 2.41. The highest BCUT2D eigenvalue weighted by Gasteiger charge is 2.45. The number of nitrogens with zero attached hydrogens (tertiary/aromatic N) is 1. The third-order valence-electron chi connectivity index (χ3n) is 6.08. The lowest BCUT2D eigenvalue weighted by Gasteiger charge is -2.39. The molecule has 3 aromatic carbocycles. The van der Waals surface area contributed by atoms with Gasteiger partial charge in [0.1, 0.15) is 24.0 Å². The van der Waals surface area contributed by atoms with Gasteiger partial charge in [0.05, 0.1) is 12.6 Å². The van der Waals surface area contributed by atoms with Crippen molar-refractivity contribution in [1.82, 2.24) is 10.2 Å². The van der Waals surface area contributed by atoms with Crippen molar-refractivity contribution in [2.75, 3.05) is 13.3 Å². The predicted octanol–water partition coefficient (Wildman–Crippen LogP) is 4.37. The van der Waals surface area contributed by atoms with Crippen molar-refractivity contribution < 1.29 is 24.2 Å². The number of amides is 2. The summed E-state index contributed by atoms with van der Waals surface area (Å²) in [5.74, 6) is -0.447. The number of rotatable bonds is 6. The molecule has 2 N–H and O–H groups in total. The van der Waals surface area contributed by atoms with Crippen LogP contribution < -0.4 is 5.32 Å². The van der Waals surface area contributed by atoms with Crippen molar-refractivity contribution in [3.8, 4) is 0 Å². The van der Waals surface area contributed by atoms with Crippen molar-refractivity contribution in [2.24, 2.45) is 0 Å². The number of ether oxygens (including phenoxy) is 2. The third kappa shape index (κ3) is 5.42. The molecule has 4 rings (SSSR count). The maximum atomic E-state index is 13.7. The molecule has 188 valence electrons. The minimum atomic E-state index is -1.60. The monoisotopic (exact) mass is 488 g/mol. The molecule has 0 unspecified atom stereocenters. The van der Waals surface area contributed by atoms with Gasteiger partial charge in [-0.3, -0.25) is 9.69 Å². The zero-order valence-electron chi connectivity index (χ0n) is 20.8. The second-order valence-corrected chi connectivity index (χ2v) is 9.82. The van der Waals surface area contributed by atoms with Gasteiger partial charge in [-0.2, -0.15) is 0 Å². The van der Waals surface area contributed by atoms with Crippen LogP contribution in [0, 0.1) is 0 Å². The lowest BCUT2D eigenvalue weighted by Crippen LogP contribution is -2.53. The zero-order valence-corrected chi connectivity index (χ0v) is 20.8. The summed E-state index contributed by atoms with van der Waals surface area (Å²) in [6, 6.07) is 26.0. The smallest absolute Gasteiger partial charge is 0.412 e. The van der Waals surface area contributed by atoms with Crippen LogP contribution >= 0.6 is 0 Å². The number of carbonyl (C=O) groups excluding carboxylic acids is 2. The second-order valence-electron chi connectivity index (χ2n) is 9.82. The van der Waals surface area contributed by atoms with Crippen molar-refractivity contribution in [1.29, 1.82) is 0 Å². The first-order chi connectivity index (χ1) is 17.2. The molecule has 7 heteroatoms. The molecule has 1 fully saturated rings. The Labute approximate surface area is 211 Å². The van der Waals surface area contributed by atoms with E-state index in [9.17, 15) is 14.7 Å². The fourth-order valence-electron chi connectivity index (χ4n) is 4.36. The standard InChI is InChI=1S/C29H32N2O5/c1-28(2,3)36-27(33)31-20-35-19-24(31)26(32)30-25(21-13-7-4-8-14-21)29(34,22-15-9-5-10-16-22)23-17-11-6-12-18-23/h4-18,24-25,34H,19-20H2,1-3H3,(H,30,32)/t24-,25-/m0/s1. The average molecular weight is 489 g/mol. The Balaban J connectivity index is 1.74. The average Bonchev–Trinajstić information content (AvgIpc) is 3.38. The Bertz CT molecular complexity index is 1120. The van der Waals surface area contributed by atoms with Gasteiger partial charge in [-0.25, -0.2) is 4.79 Å². The predicted molar refractivity (Wildman–Crippen MR) is 136 cm³/mol. The Kier molecular flexibility index (Phi) is 7.43. The number of hydrogen-bond donors (Lipinski definition) is 2. The van der Waals surface area contributed by atoms with Crippen LogP contribution in [0.4, 0.5) is 4.79 Å². The summed E-state index contributed by atoms with van der Waals surface area (Å²) in [7, 11) is 0. The minimum absolute atomic E-state index is 0.0295. The molecule has 2 atom stereocenters. The largest absolute Gasteiger partial charge is 0.444 e. The lowest BCUT2D eigenvalue weighted by molar-refractivity contribution is -0.128. The topological polar surface area (TPSA) is 88.1 Å². The molecule has 2 amide bonds. The first-order valence-corrected chi connectivity index (χ1v) is 12.0. The first kappa shape index (κ1) is 25.4.